The number of azo groups is 1. The molecular formula is C19H20N4O3. The van der Waals surface area contributed by atoms with Crippen LogP contribution in [-0.4, -0.2) is 29.2 Å². The number of ether oxygens (including phenoxy) is 1. The molecular weight excluding hydrogens is 332 g/mol. The Morgan fingerprint density at radius 1 is 1.23 bits per heavy atom. The lowest BCUT2D eigenvalue weighted by Crippen LogP contribution is -2.10. The summed E-state index contributed by atoms with van der Waals surface area (Å²) in [6, 6.07) is 14.7. The van der Waals surface area contributed by atoms with E-state index in [9.17, 15) is 9.90 Å². The van der Waals surface area contributed by atoms with E-state index < -0.39 is 5.91 Å². The van der Waals surface area contributed by atoms with Crippen molar-refractivity contribution in [3.8, 4) is 11.6 Å². The van der Waals surface area contributed by atoms with Crippen molar-refractivity contribution in [3.05, 3.63) is 48.5 Å². The maximum Gasteiger partial charge on any atom is 0.283 e. The summed E-state index contributed by atoms with van der Waals surface area (Å²) in [6.45, 7) is 2.51. The third kappa shape index (κ3) is 3.51. The molecule has 26 heavy (non-hydrogen) atoms. The molecule has 0 saturated heterocycles. The van der Waals surface area contributed by atoms with Gasteiger partial charge in [0.05, 0.1) is 19.2 Å². The summed E-state index contributed by atoms with van der Waals surface area (Å²) >= 11 is 0. The highest BCUT2D eigenvalue weighted by atomic mass is 16.5. The number of hydrogen-bond acceptors (Lipinski definition) is 5. The normalized spacial score (nSPS) is 11.2. The predicted molar refractivity (Wildman–Crippen MR) is 100 cm³/mol. The number of methoxy groups -OCH3 is 1. The average Bonchev–Trinajstić information content (AvgIpc) is 2.95. The van der Waals surface area contributed by atoms with Crippen LogP contribution in [0.3, 0.4) is 0 Å². The van der Waals surface area contributed by atoms with Crippen LogP contribution >= 0.6 is 0 Å². The largest absolute Gasteiger partial charge is 0.497 e. The van der Waals surface area contributed by atoms with Gasteiger partial charge in [-0.15, -0.1) is 10.2 Å². The molecule has 3 rings (SSSR count). The molecule has 0 spiro atoms. The minimum Gasteiger partial charge on any atom is -0.497 e. The van der Waals surface area contributed by atoms with Gasteiger partial charge in [0.15, 0.2) is 5.69 Å². The van der Waals surface area contributed by atoms with Crippen molar-refractivity contribution < 1.29 is 14.6 Å². The van der Waals surface area contributed by atoms with Crippen molar-refractivity contribution in [2.75, 3.05) is 19.0 Å². The third-order valence-corrected chi connectivity index (χ3v) is 4.01. The van der Waals surface area contributed by atoms with Gasteiger partial charge in [0.1, 0.15) is 5.75 Å². The van der Waals surface area contributed by atoms with E-state index in [1.54, 1.807) is 17.7 Å². The Labute approximate surface area is 150 Å². The first-order chi connectivity index (χ1) is 12.6. The Morgan fingerprint density at radius 3 is 2.81 bits per heavy atom. The summed E-state index contributed by atoms with van der Waals surface area (Å²) in [5.74, 6) is 0.257. The Hall–Kier alpha value is -3.35. The summed E-state index contributed by atoms with van der Waals surface area (Å²) < 4.78 is 6.86. The highest BCUT2D eigenvalue weighted by Gasteiger charge is 2.15. The number of fused-ring (bicyclic) bond motifs is 1. The van der Waals surface area contributed by atoms with E-state index in [1.807, 2.05) is 49.4 Å². The molecule has 1 heterocycles. The molecule has 0 aliphatic carbocycles. The lowest BCUT2D eigenvalue weighted by atomic mass is 10.2. The zero-order valence-corrected chi connectivity index (χ0v) is 14.6. The van der Waals surface area contributed by atoms with E-state index in [2.05, 4.69) is 15.5 Å². The quantitative estimate of drug-likeness (QED) is 0.654. The lowest BCUT2D eigenvalue weighted by Gasteiger charge is -2.05. The van der Waals surface area contributed by atoms with Crippen LogP contribution in [0.2, 0.25) is 0 Å². The van der Waals surface area contributed by atoms with Gasteiger partial charge in [-0.25, -0.2) is 0 Å². The Kier molecular flexibility index (Phi) is 5.17. The van der Waals surface area contributed by atoms with Crippen molar-refractivity contribution >= 4 is 28.2 Å². The number of anilines is 1. The van der Waals surface area contributed by atoms with Crippen molar-refractivity contribution in [2.24, 2.45) is 10.2 Å². The topological polar surface area (TPSA) is 88.2 Å². The second kappa shape index (κ2) is 7.69. The number of aromatic nitrogens is 1. The van der Waals surface area contributed by atoms with E-state index >= 15 is 0 Å². The molecule has 3 aromatic rings. The average molecular weight is 352 g/mol. The number of carbonyl (C=O) groups excluding carboxylic acids is 1. The van der Waals surface area contributed by atoms with Crippen molar-refractivity contribution in [1.82, 2.24) is 4.57 Å². The predicted octanol–water partition coefficient (Wildman–Crippen LogP) is 4.10. The van der Waals surface area contributed by atoms with E-state index in [1.165, 1.54) is 0 Å². The molecule has 0 aliphatic heterocycles. The van der Waals surface area contributed by atoms with Crippen LogP contribution < -0.4 is 10.1 Å². The minimum atomic E-state index is -0.444. The molecule has 0 atom stereocenters. The molecule has 1 amide bonds. The maximum absolute atomic E-state index is 12.0. The number of carbonyl (C=O) groups is 1. The van der Waals surface area contributed by atoms with Crippen molar-refractivity contribution in [1.29, 1.82) is 0 Å². The summed E-state index contributed by atoms with van der Waals surface area (Å²) in [6.07, 6.45) is 0. The maximum atomic E-state index is 12.0. The van der Waals surface area contributed by atoms with E-state index in [4.69, 9.17) is 4.74 Å². The Balaban J connectivity index is 1.74. The summed E-state index contributed by atoms with van der Waals surface area (Å²) in [7, 11) is 1.58. The number of hydrogen-bond donors (Lipinski definition) is 2. The number of nitrogens with zero attached hydrogens (tertiary/aromatic N) is 3. The van der Waals surface area contributed by atoms with Crippen LogP contribution in [0.5, 0.6) is 11.6 Å². The van der Waals surface area contributed by atoms with Crippen molar-refractivity contribution in [3.63, 3.8) is 0 Å². The molecule has 0 aliphatic rings. The molecule has 0 unspecified atom stereocenters. The number of nitrogens with one attached hydrogen (secondary N) is 1. The van der Waals surface area contributed by atoms with Gasteiger partial charge in [0.2, 0.25) is 5.88 Å². The number of aryl methyl sites for hydroxylation is 1. The molecule has 2 N–H and O–H groups in total. The summed E-state index contributed by atoms with van der Waals surface area (Å²) in [5.41, 5.74) is 1.90. The van der Waals surface area contributed by atoms with Crippen LogP contribution in [0.25, 0.3) is 10.9 Å². The fourth-order valence-electron chi connectivity index (χ4n) is 2.74. The van der Waals surface area contributed by atoms with Gasteiger partial charge in [0.25, 0.3) is 5.91 Å². The van der Waals surface area contributed by atoms with Gasteiger partial charge in [-0.3, -0.25) is 4.79 Å². The smallest absolute Gasteiger partial charge is 0.283 e. The van der Waals surface area contributed by atoms with E-state index in [-0.39, 0.29) is 12.4 Å². The van der Waals surface area contributed by atoms with Crippen LogP contribution in [-0.2, 0) is 11.3 Å². The second-order valence-corrected chi connectivity index (χ2v) is 5.61. The van der Waals surface area contributed by atoms with Gasteiger partial charge >= 0.3 is 0 Å². The lowest BCUT2D eigenvalue weighted by molar-refractivity contribution is -0.116. The Morgan fingerprint density at radius 2 is 2.04 bits per heavy atom. The summed E-state index contributed by atoms with van der Waals surface area (Å²) in [5, 5.41) is 21.8. The van der Waals surface area contributed by atoms with Crippen LogP contribution in [0.15, 0.2) is 58.8 Å². The minimum absolute atomic E-state index is 0.00556. The van der Waals surface area contributed by atoms with Gasteiger partial charge in [-0.1, -0.05) is 24.3 Å². The molecule has 134 valence electrons. The molecule has 7 nitrogen and oxygen atoms in total. The fourth-order valence-corrected chi connectivity index (χ4v) is 2.74. The SMILES string of the molecule is CCn1c(O)c(N=NC(=O)CNc2cccc(OC)c2)c2ccccc21. The number of rotatable bonds is 6. The van der Waals surface area contributed by atoms with E-state index in [0.717, 1.165) is 16.6 Å². The molecule has 0 saturated carbocycles. The molecule has 0 radical (unpaired) electrons. The van der Waals surface area contributed by atoms with Gasteiger partial charge in [-0.05, 0) is 25.1 Å². The van der Waals surface area contributed by atoms with Gasteiger partial charge < -0.3 is 19.7 Å². The second-order valence-electron chi connectivity index (χ2n) is 5.61. The number of aromatic hydroxyl groups is 1. The summed E-state index contributed by atoms with van der Waals surface area (Å²) in [4.78, 5) is 12.0. The Bertz CT molecular complexity index is 963. The highest BCUT2D eigenvalue weighted by molar-refractivity contribution is 5.95. The number of para-hydroxylation sites is 1. The first-order valence-electron chi connectivity index (χ1n) is 8.26. The first kappa shape index (κ1) is 17.5. The molecule has 0 bridgehead atoms. The monoisotopic (exact) mass is 352 g/mol. The zero-order valence-electron chi connectivity index (χ0n) is 14.6. The van der Waals surface area contributed by atoms with Gasteiger partial charge in [-0.2, -0.15) is 0 Å². The molecule has 1 aromatic heterocycles. The molecule has 2 aromatic carbocycles. The standard InChI is InChI=1S/C19H20N4O3/c1-3-23-16-10-5-4-9-15(16)18(19(23)25)22-21-17(24)12-20-13-7-6-8-14(11-13)26-2/h4-11,20,25H,3,12H2,1-2H3. The van der Waals surface area contributed by atoms with Crippen LogP contribution in [0.1, 0.15) is 6.92 Å². The number of benzene rings is 2. The van der Waals surface area contributed by atoms with Gasteiger partial charge in [0, 0.05) is 23.7 Å². The first-order valence-corrected chi connectivity index (χ1v) is 8.26. The van der Waals surface area contributed by atoms with E-state index in [0.29, 0.717) is 18.0 Å². The number of amides is 1. The van der Waals surface area contributed by atoms with Crippen LogP contribution in [0, 0.1) is 0 Å². The van der Waals surface area contributed by atoms with Crippen LogP contribution in [0.4, 0.5) is 11.4 Å². The zero-order chi connectivity index (χ0) is 18.5. The van der Waals surface area contributed by atoms with Crippen molar-refractivity contribution in [2.45, 2.75) is 13.5 Å². The highest BCUT2D eigenvalue weighted by Crippen LogP contribution is 2.38. The molecule has 7 heteroatoms. The fraction of sp³-hybridized carbons (Fsp3) is 0.211. The molecule has 0 fully saturated rings. The third-order valence-electron chi connectivity index (χ3n) is 4.01.